The third-order valence-corrected chi connectivity index (χ3v) is 5.93. The van der Waals surface area contributed by atoms with Gasteiger partial charge in [0.05, 0.1) is 19.3 Å². The van der Waals surface area contributed by atoms with E-state index in [0.717, 1.165) is 48.2 Å². The molecule has 1 aliphatic carbocycles. The maximum atomic E-state index is 12.7. The Kier molecular flexibility index (Phi) is 3.66. The maximum absolute atomic E-state index is 12.7. The van der Waals surface area contributed by atoms with Gasteiger partial charge < -0.3 is 20.1 Å². The van der Waals surface area contributed by atoms with Gasteiger partial charge in [-0.2, -0.15) is 0 Å². The summed E-state index contributed by atoms with van der Waals surface area (Å²) in [6, 6.07) is 5.82. The molecule has 0 amide bonds. The van der Waals surface area contributed by atoms with E-state index < -0.39 is 0 Å². The minimum absolute atomic E-state index is 0.00316. The summed E-state index contributed by atoms with van der Waals surface area (Å²) in [7, 11) is 1.65. The summed E-state index contributed by atoms with van der Waals surface area (Å²) in [5.74, 6) is 0.801. The van der Waals surface area contributed by atoms with Crippen molar-refractivity contribution < 1.29 is 15.2 Å². The molecule has 0 bridgehead atoms. The van der Waals surface area contributed by atoms with Crippen LogP contribution in [0.5, 0.6) is 11.6 Å². The summed E-state index contributed by atoms with van der Waals surface area (Å²) in [6.07, 6.45) is 2.83. The van der Waals surface area contributed by atoms with Crippen LogP contribution in [0.2, 0.25) is 0 Å². The van der Waals surface area contributed by atoms with Crippen molar-refractivity contribution >= 4 is 23.1 Å². The van der Waals surface area contributed by atoms with Crippen LogP contribution in [-0.4, -0.2) is 33.3 Å². The zero-order valence-corrected chi connectivity index (χ0v) is 15.7. The van der Waals surface area contributed by atoms with Crippen LogP contribution in [0.4, 0.5) is 0 Å². The lowest BCUT2D eigenvalue weighted by atomic mass is 9.95. The molecular weight excluding hydrogens is 364 g/mol. The van der Waals surface area contributed by atoms with Gasteiger partial charge in [0.1, 0.15) is 11.3 Å². The Hall–Kier alpha value is -2.58. The minimum atomic E-state index is -0.320. The fraction of sp³-hybridized carbons (Fsp3) is 0.368. The molecule has 1 atom stereocenters. The number of fused-ring (bicyclic) bond motifs is 3. The number of hydrogen-bond acceptors (Lipinski definition) is 4. The van der Waals surface area contributed by atoms with E-state index in [1.807, 2.05) is 18.2 Å². The number of nitrogens with one attached hydrogen (secondary N) is 2. The van der Waals surface area contributed by atoms with Gasteiger partial charge in [0.2, 0.25) is 5.88 Å². The highest BCUT2D eigenvalue weighted by Gasteiger charge is 2.36. The lowest BCUT2D eigenvalue weighted by molar-refractivity contribution is -0.690. The molecule has 27 heavy (non-hydrogen) atoms. The molecule has 7 nitrogen and oxygen atoms in total. The molecule has 1 fully saturated rings. The Bertz CT molecular complexity index is 1170. The number of aromatic nitrogens is 3. The van der Waals surface area contributed by atoms with Crippen LogP contribution in [0.1, 0.15) is 41.7 Å². The predicted molar refractivity (Wildman–Crippen MR) is 103 cm³/mol. The van der Waals surface area contributed by atoms with E-state index in [-0.39, 0.29) is 23.5 Å². The number of aromatic amines is 2. The number of ether oxygens (including phenoxy) is 1. The van der Waals surface area contributed by atoms with Crippen molar-refractivity contribution in [3.63, 3.8) is 0 Å². The van der Waals surface area contributed by atoms with E-state index in [0.29, 0.717) is 10.3 Å². The number of rotatable bonds is 3. The van der Waals surface area contributed by atoms with E-state index in [2.05, 4.69) is 15.3 Å². The first kappa shape index (κ1) is 16.6. The second-order valence-electron chi connectivity index (χ2n) is 7.28. The van der Waals surface area contributed by atoms with Crippen LogP contribution in [0, 0.1) is 4.77 Å². The largest absolute Gasteiger partial charge is 0.497 e. The summed E-state index contributed by atoms with van der Waals surface area (Å²) >= 11 is 5.28. The Morgan fingerprint density at radius 2 is 2.15 bits per heavy atom. The molecule has 140 valence electrons. The lowest BCUT2D eigenvalue weighted by Gasteiger charge is -2.22. The summed E-state index contributed by atoms with van der Waals surface area (Å²) < 4.78 is 7.35. The highest BCUT2D eigenvalue weighted by molar-refractivity contribution is 7.71. The highest BCUT2D eigenvalue weighted by Crippen LogP contribution is 2.40. The molecule has 2 aromatic heterocycles. The van der Waals surface area contributed by atoms with E-state index in [9.17, 15) is 9.90 Å². The summed E-state index contributed by atoms with van der Waals surface area (Å²) in [6.45, 7) is 0.833. The van der Waals surface area contributed by atoms with Crippen molar-refractivity contribution in [3.8, 4) is 11.6 Å². The van der Waals surface area contributed by atoms with Crippen LogP contribution in [0.25, 0.3) is 10.9 Å². The first-order valence-corrected chi connectivity index (χ1v) is 9.58. The van der Waals surface area contributed by atoms with Crippen molar-refractivity contribution in [2.45, 2.75) is 31.3 Å². The molecule has 2 aliphatic rings. The molecule has 3 aromatic rings. The third kappa shape index (κ3) is 2.51. The number of nitrogens with two attached hydrogens (primary N) is 1. The predicted octanol–water partition coefficient (Wildman–Crippen LogP) is 1.65. The second-order valence-corrected chi connectivity index (χ2v) is 7.67. The summed E-state index contributed by atoms with van der Waals surface area (Å²) in [5.41, 5.74) is 3.20. The fourth-order valence-corrected chi connectivity index (χ4v) is 4.52. The maximum Gasteiger partial charge on any atom is 0.265 e. The van der Waals surface area contributed by atoms with Crippen LogP contribution in [0.15, 0.2) is 23.0 Å². The number of H-pyrrole nitrogens is 2. The number of aromatic hydroxyl groups is 1. The van der Waals surface area contributed by atoms with Crippen LogP contribution in [0.3, 0.4) is 0 Å². The first-order valence-electron chi connectivity index (χ1n) is 9.18. The Morgan fingerprint density at radius 3 is 2.89 bits per heavy atom. The highest BCUT2D eigenvalue weighted by atomic mass is 32.1. The average Bonchev–Trinajstić information content (AvgIpc) is 3.41. The molecule has 0 saturated heterocycles. The first-order chi connectivity index (χ1) is 13.1. The number of methoxy groups -OCH3 is 1. The van der Waals surface area contributed by atoms with Crippen molar-refractivity contribution in [2.75, 3.05) is 13.7 Å². The molecule has 1 saturated carbocycles. The SMILES string of the molecule is COc1ccc2[nH]c3c(c2c1)CC[NH2+][C@@H]3c1c(O)n(C2CC2)c(=S)[nH]c1=O. The smallest absolute Gasteiger partial charge is 0.265 e. The summed E-state index contributed by atoms with van der Waals surface area (Å²) in [5, 5.41) is 14.1. The molecule has 5 rings (SSSR count). The van der Waals surface area contributed by atoms with Crippen LogP contribution < -0.4 is 15.6 Å². The monoisotopic (exact) mass is 385 g/mol. The van der Waals surface area contributed by atoms with E-state index in [4.69, 9.17) is 17.0 Å². The Balaban J connectivity index is 1.72. The molecule has 5 N–H and O–H groups in total. The summed E-state index contributed by atoms with van der Waals surface area (Å²) in [4.78, 5) is 19.0. The second kappa shape index (κ2) is 5.97. The molecule has 1 aliphatic heterocycles. The molecule has 0 radical (unpaired) electrons. The standard InChI is InChI=1S/C19H20N4O3S/c1-26-10-4-5-13-12(8-10)11-6-7-20-16(15(11)21-13)14-17(24)22-19(27)23(18(14)25)9-2-3-9/h4-5,8-9,16,20-21,25H,2-3,6-7H2,1H3,(H,22,24,27)/p+1/t16-/m1/s1. The number of hydrogen-bond donors (Lipinski definition) is 4. The van der Waals surface area contributed by atoms with Crippen molar-refractivity contribution in [3.05, 3.63) is 50.1 Å². The van der Waals surface area contributed by atoms with Crippen LogP contribution >= 0.6 is 12.2 Å². The van der Waals surface area contributed by atoms with E-state index >= 15 is 0 Å². The van der Waals surface area contributed by atoms with Gasteiger partial charge in [-0.05, 0) is 48.8 Å². The molecule has 8 heteroatoms. The molecule has 1 aromatic carbocycles. The van der Waals surface area contributed by atoms with Gasteiger partial charge in [0.15, 0.2) is 10.8 Å². The van der Waals surface area contributed by atoms with Gasteiger partial charge in [-0.1, -0.05) is 0 Å². The molecular formula is C19H21N4O3S+. The van der Waals surface area contributed by atoms with Gasteiger partial charge in [-0.25, -0.2) is 0 Å². The van der Waals surface area contributed by atoms with Gasteiger partial charge in [0, 0.05) is 23.4 Å². The van der Waals surface area contributed by atoms with Crippen molar-refractivity contribution in [1.29, 1.82) is 0 Å². The van der Waals surface area contributed by atoms with Crippen LogP contribution in [-0.2, 0) is 6.42 Å². The van der Waals surface area contributed by atoms with Gasteiger partial charge >= 0.3 is 0 Å². The van der Waals surface area contributed by atoms with Gasteiger partial charge in [-0.3, -0.25) is 14.3 Å². The molecule has 0 unspecified atom stereocenters. The Morgan fingerprint density at radius 1 is 1.33 bits per heavy atom. The van der Waals surface area contributed by atoms with Crippen molar-refractivity contribution in [2.24, 2.45) is 0 Å². The molecule has 3 heterocycles. The van der Waals surface area contributed by atoms with E-state index in [1.54, 1.807) is 11.7 Å². The lowest BCUT2D eigenvalue weighted by Crippen LogP contribution is -2.87. The third-order valence-electron chi connectivity index (χ3n) is 5.63. The zero-order chi connectivity index (χ0) is 18.7. The number of benzene rings is 1. The Labute approximate surface area is 160 Å². The molecule has 0 spiro atoms. The number of quaternary nitrogens is 1. The quantitative estimate of drug-likeness (QED) is 0.515. The fourth-order valence-electron chi connectivity index (χ4n) is 4.19. The topological polar surface area (TPSA) is 99.6 Å². The van der Waals surface area contributed by atoms with Gasteiger partial charge in [0.25, 0.3) is 5.56 Å². The number of nitrogens with zero attached hydrogens (tertiary/aromatic N) is 1. The van der Waals surface area contributed by atoms with Crippen molar-refractivity contribution in [1.82, 2.24) is 14.5 Å². The van der Waals surface area contributed by atoms with Gasteiger partial charge in [-0.15, -0.1) is 0 Å². The van der Waals surface area contributed by atoms with E-state index in [1.165, 1.54) is 5.56 Å². The average molecular weight is 385 g/mol. The zero-order valence-electron chi connectivity index (χ0n) is 14.9. The minimum Gasteiger partial charge on any atom is -0.497 e. The normalized spacial score (nSPS) is 19.2.